The smallest absolute Gasteiger partial charge is 1.00 e. The fourth-order valence-corrected chi connectivity index (χ4v) is 0.245. The number of hydrogen-bond acceptors (Lipinski definition) is 4. The monoisotopic (exact) mass is 180 g/mol. The first-order valence-electron chi connectivity index (χ1n) is 1.59. The fourth-order valence-electron chi connectivity index (χ4n) is 0.0816. The summed E-state index contributed by atoms with van der Waals surface area (Å²) in [6.45, 7) is -1.18. The summed E-state index contributed by atoms with van der Waals surface area (Å²) in [5.41, 5.74) is 0. The Labute approximate surface area is 96.1 Å². The van der Waals surface area contributed by atoms with Gasteiger partial charge in [0, 0.05) is 0 Å². The van der Waals surface area contributed by atoms with Gasteiger partial charge < -0.3 is 6.53 Å². The van der Waals surface area contributed by atoms with E-state index in [2.05, 4.69) is 0 Å². The molecule has 0 aliphatic carbocycles. The van der Waals surface area contributed by atoms with Crippen LogP contribution in [0.4, 0.5) is 0 Å². The van der Waals surface area contributed by atoms with E-state index in [-0.39, 0.29) is 52.8 Å². The molecule has 50 valence electrons. The number of carbonyl (C=O) groups excluding carboxylic acids is 1. The number of aliphatic hydroxyl groups is 1. The van der Waals surface area contributed by atoms with Gasteiger partial charge in [0.05, 0.1) is 0 Å². The van der Waals surface area contributed by atoms with E-state index in [1.165, 1.54) is 0 Å². The van der Waals surface area contributed by atoms with E-state index in [0.29, 0.717) is 0 Å². The molecule has 0 heterocycles. The summed E-state index contributed by atoms with van der Waals surface area (Å²) in [7, 11) is -4.64. The molecule has 9 heavy (non-hydrogen) atoms. The molecule has 0 amide bonds. The summed E-state index contributed by atoms with van der Waals surface area (Å²) < 4.78 is 27.0. The molecule has 5 nitrogen and oxygen atoms in total. The molecule has 0 bridgehead atoms. The fraction of sp³-hybridized carbons (Fsp3) is 0.500. The molecule has 0 rings (SSSR count). The molecule has 0 atom stereocenters. The van der Waals surface area contributed by atoms with Crippen molar-refractivity contribution in [3.8, 4) is 0 Å². The Morgan fingerprint density at radius 3 is 1.89 bits per heavy atom. The van der Waals surface area contributed by atoms with Crippen molar-refractivity contribution in [2.75, 3.05) is 6.61 Å². The van der Waals surface area contributed by atoms with E-state index < -0.39 is 21.8 Å². The predicted molar refractivity (Wildman–Crippen MR) is 24.8 cm³/mol. The third kappa shape index (κ3) is 5.61. The van der Waals surface area contributed by atoms with Crippen LogP contribution in [-0.4, -0.2) is 29.8 Å². The molecule has 0 saturated heterocycles. The SMILES string of the molecule is O=C(CO)S(=O)(=O)O.[H-].[K+]. The first-order chi connectivity index (χ1) is 3.48. The van der Waals surface area contributed by atoms with Crippen LogP contribution in [0.3, 0.4) is 0 Å². The van der Waals surface area contributed by atoms with Gasteiger partial charge in [0.25, 0.3) is 5.12 Å². The summed E-state index contributed by atoms with van der Waals surface area (Å²) >= 11 is 0. The predicted octanol–water partition coefficient (Wildman–Crippen LogP) is -4.49. The van der Waals surface area contributed by atoms with Crippen LogP contribution in [0.2, 0.25) is 0 Å². The Hall–Kier alpha value is 1.18. The Morgan fingerprint density at radius 1 is 1.56 bits per heavy atom. The first-order valence-corrected chi connectivity index (χ1v) is 3.03. The van der Waals surface area contributed by atoms with E-state index in [1.807, 2.05) is 0 Å². The van der Waals surface area contributed by atoms with Gasteiger partial charge in [0.15, 0.2) is 0 Å². The van der Waals surface area contributed by atoms with Crippen LogP contribution < -0.4 is 51.4 Å². The summed E-state index contributed by atoms with van der Waals surface area (Å²) in [5.74, 6) is 0. The van der Waals surface area contributed by atoms with Gasteiger partial charge in [-0.05, 0) is 0 Å². The molecule has 0 saturated carbocycles. The molecule has 0 aromatic rings. The molecule has 0 spiro atoms. The topological polar surface area (TPSA) is 91.7 Å². The maximum Gasteiger partial charge on any atom is 1.00 e. The van der Waals surface area contributed by atoms with E-state index in [9.17, 15) is 13.2 Å². The van der Waals surface area contributed by atoms with Crippen molar-refractivity contribution < 1.29 is 75.7 Å². The zero-order valence-electron chi connectivity index (χ0n) is 5.73. The third-order valence-electron chi connectivity index (χ3n) is 0.417. The molecular weight excluding hydrogens is 175 g/mol. The van der Waals surface area contributed by atoms with Crippen LogP contribution in [0, 0.1) is 0 Å². The Balaban J connectivity index is -0.000000245. The second kappa shape index (κ2) is 4.91. The van der Waals surface area contributed by atoms with Gasteiger partial charge >= 0.3 is 61.5 Å². The molecule has 0 unspecified atom stereocenters. The molecule has 0 aliphatic rings. The van der Waals surface area contributed by atoms with Crippen LogP contribution in [0.15, 0.2) is 0 Å². The molecule has 0 aromatic carbocycles. The normalized spacial score (nSPS) is 10.0. The average Bonchev–Trinajstić information content (AvgIpc) is 1.62. The molecule has 2 N–H and O–H groups in total. The number of carbonyl (C=O) groups is 1. The quantitative estimate of drug-likeness (QED) is 0.313. The van der Waals surface area contributed by atoms with Gasteiger partial charge in [-0.15, -0.1) is 0 Å². The van der Waals surface area contributed by atoms with Crippen molar-refractivity contribution in [3.63, 3.8) is 0 Å². The number of rotatable bonds is 1. The minimum atomic E-state index is -4.64. The molecule has 0 aromatic heterocycles. The molecular formula is C2H5KO5S. The molecule has 0 radical (unpaired) electrons. The van der Waals surface area contributed by atoms with Crippen molar-refractivity contribution in [2.24, 2.45) is 0 Å². The van der Waals surface area contributed by atoms with Crippen LogP contribution in [-0.2, 0) is 14.9 Å². The Morgan fingerprint density at radius 2 is 1.89 bits per heavy atom. The van der Waals surface area contributed by atoms with Gasteiger partial charge in [0.1, 0.15) is 6.61 Å². The second-order valence-electron chi connectivity index (χ2n) is 1.01. The summed E-state index contributed by atoms with van der Waals surface area (Å²) in [5, 5.41) is 6.20. The van der Waals surface area contributed by atoms with Crippen LogP contribution >= 0.6 is 0 Å². The van der Waals surface area contributed by atoms with Crippen LogP contribution in [0.25, 0.3) is 0 Å². The van der Waals surface area contributed by atoms with E-state index in [1.54, 1.807) is 0 Å². The zero-order chi connectivity index (χ0) is 6.78. The average molecular weight is 180 g/mol. The van der Waals surface area contributed by atoms with Gasteiger partial charge in [-0.25, -0.2) is 0 Å². The molecule has 7 heteroatoms. The van der Waals surface area contributed by atoms with Gasteiger partial charge in [0.2, 0.25) is 0 Å². The minimum absolute atomic E-state index is 0. The van der Waals surface area contributed by atoms with Gasteiger partial charge in [-0.3, -0.25) is 9.35 Å². The second-order valence-corrected chi connectivity index (χ2v) is 2.41. The first kappa shape index (κ1) is 12.8. The van der Waals surface area contributed by atoms with Gasteiger partial charge in [-0.2, -0.15) is 8.42 Å². The Kier molecular flexibility index (Phi) is 6.99. The zero-order valence-corrected chi connectivity index (χ0v) is 8.67. The molecule has 0 fully saturated rings. The third-order valence-corrected chi connectivity index (χ3v) is 1.12. The summed E-state index contributed by atoms with van der Waals surface area (Å²) in [4.78, 5) is 9.75. The largest absolute Gasteiger partial charge is 1.00 e. The molecule has 0 aliphatic heterocycles. The maximum absolute atomic E-state index is 9.75. The van der Waals surface area contributed by atoms with Crippen LogP contribution in [0.1, 0.15) is 1.43 Å². The van der Waals surface area contributed by atoms with E-state index >= 15 is 0 Å². The van der Waals surface area contributed by atoms with E-state index in [0.717, 1.165) is 0 Å². The van der Waals surface area contributed by atoms with Crippen molar-refractivity contribution in [2.45, 2.75) is 0 Å². The van der Waals surface area contributed by atoms with E-state index in [4.69, 9.17) is 9.66 Å². The van der Waals surface area contributed by atoms with Crippen molar-refractivity contribution in [1.82, 2.24) is 0 Å². The minimum Gasteiger partial charge on any atom is -1.00 e. The van der Waals surface area contributed by atoms with Crippen molar-refractivity contribution in [3.05, 3.63) is 0 Å². The number of aliphatic hydroxyl groups excluding tert-OH is 1. The van der Waals surface area contributed by atoms with Crippen molar-refractivity contribution in [1.29, 1.82) is 0 Å². The number of hydrogen-bond donors (Lipinski definition) is 2. The van der Waals surface area contributed by atoms with Crippen LogP contribution in [0.5, 0.6) is 0 Å². The van der Waals surface area contributed by atoms with Crippen molar-refractivity contribution >= 4 is 15.2 Å². The standard InChI is InChI=1S/C2H4O5S.K.H/c3-1-2(4)8(5,6)7;;/h3H,1H2,(H,5,6,7);;/q;+1;-1. The summed E-state index contributed by atoms with van der Waals surface area (Å²) in [6.07, 6.45) is 0. The summed E-state index contributed by atoms with van der Waals surface area (Å²) in [6, 6.07) is 0. The van der Waals surface area contributed by atoms with Gasteiger partial charge in [-0.1, -0.05) is 0 Å². The Bertz CT molecular complexity index is 186. The maximum atomic E-state index is 9.75.